The highest BCUT2D eigenvalue weighted by Gasteiger charge is 2.75. The molecule has 18 saturated heterocycles. The van der Waals surface area contributed by atoms with Crippen LogP contribution in [0, 0.1) is 0 Å². The van der Waals surface area contributed by atoms with Crippen LogP contribution in [0.3, 0.4) is 0 Å². The van der Waals surface area contributed by atoms with Crippen molar-refractivity contribution < 1.29 is 57.5 Å². The Kier molecular flexibility index (Phi) is 5.55. The van der Waals surface area contributed by atoms with E-state index >= 15 is 57.5 Å². The number of carbonyl (C=O) groups excluding carboxylic acids is 12. The Bertz CT molecular complexity index is 2140. The van der Waals surface area contributed by atoms with Crippen LogP contribution in [0.2, 0.25) is 0 Å². The molecule has 0 aromatic rings. The lowest BCUT2D eigenvalue weighted by Crippen LogP contribution is -2.63. The molecule has 18 aliphatic heterocycles. The van der Waals surface area contributed by atoms with Crippen molar-refractivity contribution in [3.8, 4) is 0 Å². The fraction of sp³-hybridized carbons (Fsp3) is 0.667. The van der Waals surface area contributed by atoms with Crippen LogP contribution in [0.25, 0.3) is 0 Å². The first kappa shape index (κ1) is 37.1. The second kappa shape index (κ2) is 10.8. The van der Waals surface area contributed by atoms with Crippen molar-refractivity contribution in [2.24, 2.45) is 0 Å². The molecule has 0 saturated carbocycles. The zero-order valence-corrected chi connectivity index (χ0v) is 37.0. The highest BCUT2D eigenvalue weighted by atomic mass is 16.3. The van der Waals surface area contributed by atoms with Crippen LogP contribution in [0.5, 0.6) is 0 Å². The van der Waals surface area contributed by atoms with Gasteiger partial charge in [-0.1, -0.05) is 0 Å². The average molecular weight is 997 g/mol. The van der Waals surface area contributed by atoms with Gasteiger partial charge >= 0.3 is 72.4 Å². The molecule has 0 aromatic carbocycles. The largest absolute Gasteiger partial charge is 0.326 e. The molecule has 0 aromatic heterocycles. The molecule has 0 atom stereocenters. The van der Waals surface area contributed by atoms with E-state index in [9.17, 15) is 0 Å². The van der Waals surface area contributed by atoms with Crippen molar-refractivity contribution >= 4 is 72.4 Å². The lowest BCUT2D eigenvalue weighted by atomic mass is 10.2. The summed E-state index contributed by atoms with van der Waals surface area (Å²) in [4.78, 5) is 213. The first-order valence-corrected chi connectivity index (χ1v) is 23.6. The predicted octanol–water partition coefficient (Wildman–Crippen LogP) is -5.66. The molecule has 36 heteroatoms. The minimum Gasteiger partial charge on any atom is -0.282 e. The van der Waals surface area contributed by atoms with E-state index < -0.39 is 226 Å². The van der Waals surface area contributed by atoms with Crippen molar-refractivity contribution in [1.82, 2.24) is 118 Å². The van der Waals surface area contributed by atoms with Gasteiger partial charge in [-0.05, 0) is 0 Å². The van der Waals surface area contributed by atoms with Crippen LogP contribution < -0.4 is 0 Å². The van der Waals surface area contributed by atoms with Crippen molar-refractivity contribution in [1.29, 1.82) is 0 Å². The van der Waals surface area contributed by atoms with Gasteiger partial charge in [0.05, 0.1) is 0 Å². The van der Waals surface area contributed by atoms with Gasteiger partial charge in [0.25, 0.3) is 0 Å². The van der Waals surface area contributed by atoms with E-state index in [4.69, 9.17) is 0 Å². The van der Waals surface area contributed by atoms with E-state index in [1.54, 1.807) is 0 Å². The van der Waals surface area contributed by atoms with Gasteiger partial charge in [0.15, 0.2) is 74.0 Å². The molecule has 0 radical (unpaired) electrons. The fourth-order valence-corrected chi connectivity index (χ4v) is 16.0. The van der Waals surface area contributed by atoms with Crippen molar-refractivity contribution in [2.75, 3.05) is 80.0 Å². The number of hydrogen-bond acceptors (Lipinski definition) is 12. The standard InChI is InChI=1S/C36H36N24O12/c61-25-37-1-38-14-16-42(26(38)62)4-46-18-20-50(30(46)66)8-54-22-24-58(34(54)70)11-57-23-21-53(33(57)69)7-49-19-17-45(29(49)65)3-41(25)15-13(37)39-2-40(14)28(64)44(16)6-48(18)32(68)52(20)10-56(22)36(72)60(24)12-59(23)35(71)55(21)9-51(19)31(67)47(17)5-43(15)27(39)63/h13-24H,1-12H2/t13-,14+,15+,16?,17?,18?,19-,20?,21?,22?,23?,24?. The van der Waals surface area contributed by atoms with Gasteiger partial charge in [-0.3, -0.25) is 118 Å². The van der Waals surface area contributed by atoms with E-state index in [-0.39, 0.29) is 0 Å². The number of amides is 24. The van der Waals surface area contributed by atoms with Gasteiger partial charge < -0.3 is 0 Å². The smallest absolute Gasteiger partial charge is 0.282 e. The summed E-state index contributed by atoms with van der Waals surface area (Å²) in [7, 11) is 0. The highest BCUT2D eigenvalue weighted by molar-refractivity contribution is 5.95. The van der Waals surface area contributed by atoms with Crippen molar-refractivity contribution in [3.63, 3.8) is 0 Å². The summed E-state index contributed by atoms with van der Waals surface area (Å²) in [6.07, 6.45) is -13.9. The van der Waals surface area contributed by atoms with Gasteiger partial charge in [0, 0.05) is 0 Å². The second-order valence-corrected chi connectivity index (χ2v) is 21.3. The Morgan fingerprint density at radius 3 is 0.250 bits per heavy atom. The summed E-state index contributed by atoms with van der Waals surface area (Å²) >= 11 is 0. The normalized spacial score (nSPS) is 40.3. The quantitative estimate of drug-likeness (QED) is 0.220. The Morgan fingerprint density at radius 1 is 0.139 bits per heavy atom. The minimum atomic E-state index is -1.16. The zero-order chi connectivity index (χ0) is 48.2. The number of rotatable bonds is 0. The van der Waals surface area contributed by atoms with Crippen LogP contribution in [0.4, 0.5) is 57.5 Å². The minimum absolute atomic E-state index is 0.457. The van der Waals surface area contributed by atoms with E-state index in [2.05, 4.69) is 0 Å². The zero-order valence-electron chi connectivity index (χ0n) is 37.0. The Balaban J connectivity index is 0.832. The molecule has 72 heavy (non-hydrogen) atoms. The number of nitrogens with zero attached hydrogens (tertiary/aromatic N) is 24. The maximum atomic E-state index is 15.1. The first-order valence-electron chi connectivity index (χ1n) is 23.6. The van der Waals surface area contributed by atoms with E-state index in [0.717, 1.165) is 0 Å². The van der Waals surface area contributed by atoms with Crippen LogP contribution in [-0.4, -0.2) is 344 Å². The van der Waals surface area contributed by atoms with Crippen molar-refractivity contribution in [3.05, 3.63) is 0 Å². The summed E-state index contributed by atoms with van der Waals surface area (Å²) in [5.74, 6) is 0. The Hall–Kier alpha value is -8.76. The molecule has 36 nitrogen and oxygen atoms in total. The summed E-state index contributed by atoms with van der Waals surface area (Å²) in [6.45, 7) is -5.48. The second-order valence-electron chi connectivity index (χ2n) is 21.3. The lowest BCUT2D eigenvalue weighted by molar-refractivity contribution is -0.0210. The number of carbonyl (C=O) groups is 12. The molecule has 0 N–H and O–H groups in total. The molecule has 18 rings (SSSR count). The molecular formula is C36H36N24O12. The van der Waals surface area contributed by atoms with E-state index in [0.29, 0.717) is 0 Å². The van der Waals surface area contributed by atoms with Crippen LogP contribution in [0.1, 0.15) is 0 Å². The first-order chi connectivity index (χ1) is 34.7. The third-order valence-electron chi connectivity index (χ3n) is 18.8. The van der Waals surface area contributed by atoms with Crippen LogP contribution >= 0.6 is 0 Å². The third-order valence-corrected chi connectivity index (χ3v) is 18.8. The summed E-state index contributed by atoms with van der Waals surface area (Å²) in [6, 6.07) is -7.90. The molecule has 0 bridgehead atoms. The Morgan fingerprint density at radius 2 is 0.194 bits per heavy atom. The van der Waals surface area contributed by atoms with Gasteiger partial charge in [-0.25, -0.2) is 57.5 Å². The van der Waals surface area contributed by atoms with Crippen LogP contribution in [-0.2, 0) is 0 Å². The molecule has 372 valence electrons. The highest BCUT2D eigenvalue weighted by Crippen LogP contribution is 2.51. The third kappa shape index (κ3) is 3.41. The van der Waals surface area contributed by atoms with E-state index in [1.807, 2.05) is 0 Å². The predicted molar refractivity (Wildman–Crippen MR) is 213 cm³/mol. The monoisotopic (exact) mass is 996 g/mol. The van der Waals surface area contributed by atoms with Gasteiger partial charge in [-0.15, -0.1) is 0 Å². The molecule has 0 aliphatic carbocycles. The topological polar surface area (TPSA) is 283 Å². The average Bonchev–Trinajstić information content (AvgIpc) is 4.23. The molecule has 24 amide bonds. The maximum absolute atomic E-state index is 15.1. The SMILES string of the molecule is O=C1N2CN3C(=O)N4CN5C(=O)N6CN7C(=O)N8CN9C(=O)N%10CN%11C(=O)N%12CN1C1C2N2CN%13C(=O)N(CN%14C(=O)N(CN%15C(=O)N(CN%16C(=O)N(CN%17C(=O)N(CN1C2=O)C%12C%11%17)[C@H]%10C9%16)[C@@H]8[C@@H]7%15)[C@@H]6C%145)C4C%133. The van der Waals surface area contributed by atoms with Gasteiger partial charge in [0.2, 0.25) is 0 Å². The van der Waals surface area contributed by atoms with Crippen LogP contribution in [0.15, 0.2) is 0 Å². The fourth-order valence-electron chi connectivity index (χ4n) is 16.0. The number of urea groups is 12. The molecule has 18 aliphatic rings. The molecule has 18 fully saturated rings. The summed E-state index contributed by atoms with van der Waals surface area (Å²) in [5.41, 5.74) is 0. The molecule has 0 spiro atoms. The number of hydrogen-bond donors (Lipinski definition) is 0. The summed E-state index contributed by atoms with van der Waals surface area (Å²) < 4.78 is 0. The maximum Gasteiger partial charge on any atom is 0.326 e. The lowest BCUT2D eigenvalue weighted by Gasteiger charge is -2.42. The van der Waals surface area contributed by atoms with Gasteiger partial charge in [-0.2, -0.15) is 0 Å². The van der Waals surface area contributed by atoms with E-state index in [1.165, 1.54) is 118 Å². The van der Waals surface area contributed by atoms with Crippen molar-refractivity contribution in [2.45, 2.75) is 74.0 Å². The van der Waals surface area contributed by atoms with Gasteiger partial charge in [0.1, 0.15) is 80.0 Å². The Labute approximate surface area is 401 Å². The molecular weight excluding hydrogens is 961 g/mol. The molecule has 0 unspecified atom stereocenters. The summed E-state index contributed by atoms with van der Waals surface area (Å²) in [5, 5.41) is 0. The molecule has 18 heterocycles.